The third kappa shape index (κ3) is 6.21. The quantitative estimate of drug-likeness (QED) is 0.704. The molecule has 0 radical (unpaired) electrons. The molecule has 1 saturated heterocycles. The summed E-state index contributed by atoms with van der Waals surface area (Å²) in [6.45, 7) is 5.75. The highest BCUT2D eigenvalue weighted by atomic mass is 16.5. The zero-order chi connectivity index (χ0) is 22.2. The molecule has 1 aliphatic rings. The molecule has 166 valence electrons. The molecule has 3 rings (SSSR count). The Kier molecular flexibility index (Phi) is 7.89. The van der Waals surface area contributed by atoms with Gasteiger partial charge in [0.1, 0.15) is 0 Å². The number of anilines is 1. The van der Waals surface area contributed by atoms with Crippen LogP contribution in [0.25, 0.3) is 0 Å². The minimum Gasteiger partial charge on any atom is -0.493 e. The van der Waals surface area contributed by atoms with Gasteiger partial charge in [-0.2, -0.15) is 0 Å². The van der Waals surface area contributed by atoms with Crippen molar-refractivity contribution in [2.24, 2.45) is 0 Å². The van der Waals surface area contributed by atoms with Gasteiger partial charge in [-0.3, -0.25) is 9.59 Å². The second-order valence-corrected chi connectivity index (χ2v) is 7.64. The number of amides is 2. The number of hydrogen-bond donors (Lipinski definition) is 1. The SMILES string of the molecule is CCOc1ccc(CCC(=O)Nc2ccc(C(=O)N3CCN(C)CC3)cc2)cc1OC. The fourth-order valence-corrected chi connectivity index (χ4v) is 3.51. The molecule has 0 saturated carbocycles. The van der Waals surface area contributed by atoms with Crippen molar-refractivity contribution >= 4 is 17.5 Å². The summed E-state index contributed by atoms with van der Waals surface area (Å²) in [7, 11) is 3.66. The van der Waals surface area contributed by atoms with Crippen LogP contribution < -0.4 is 14.8 Å². The number of aryl methyl sites for hydroxylation is 1. The standard InChI is InChI=1S/C24H31N3O4/c1-4-31-21-11-5-18(17-22(21)30-3)6-12-23(28)25-20-9-7-19(8-10-20)24(29)27-15-13-26(2)14-16-27/h5,7-11,17H,4,6,12-16H2,1-3H3,(H,25,28). The van der Waals surface area contributed by atoms with Crippen molar-refractivity contribution in [2.45, 2.75) is 19.8 Å². The summed E-state index contributed by atoms with van der Waals surface area (Å²) in [5.74, 6) is 1.33. The van der Waals surface area contributed by atoms with E-state index >= 15 is 0 Å². The van der Waals surface area contributed by atoms with Crippen LogP contribution in [0.2, 0.25) is 0 Å². The third-order valence-corrected chi connectivity index (χ3v) is 5.37. The molecule has 1 aliphatic heterocycles. The van der Waals surface area contributed by atoms with Crippen LogP contribution in [0.4, 0.5) is 5.69 Å². The molecule has 0 aromatic heterocycles. The van der Waals surface area contributed by atoms with Gasteiger partial charge in [0.15, 0.2) is 11.5 Å². The maximum absolute atomic E-state index is 12.6. The normalized spacial score (nSPS) is 14.2. The number of benzene rings is 2. The van der Waals surface area contributed by atoms with Crippen LogP contribution in [0, 0.1) is 0 Å². The van der Waals surface area contributed by atoms with Crippen molar-refractivity contribution in [2.75, 3.05) is 52.3 Å². The molecule has 0 bridgehead atoms. The van der Waals surface area contributed by atoms with Crippen LogP contribution in [-0.4, -0.2) is 68.6 Å². The molecule has 0 aliphatic carbocycles. The maximum atomic E-state index is 12.6. The predicted octanol–water partition coefficient (Wildman–Crippen LogP) is 3.05. The molecule has 31 heavy (non-hydrogen) atoms. The fraction of sp³-hybridized carbons (Fsp3) is 0.417. The van der Waals surface area contributed by atoms with Gasteiger partial charge in [0.05, 0.1) is 13.7 Å². The molecule has 0 atom stereocenters. The number of piperazine rings is 1. The van der Waals surface area contributed by atoms with E-state index in [1.165, 1.54) is 0 Å². The number of methoxy groups -OCH3 is 1. The molecule has 2 aromatic rings. The van der Waals surface area contributed by atoms with Gasteiger partial charge in [0.25, 0.3) is 5.91 Å². The van der Waals surface area contributed by atoms with Crippen molar-refractivity contribution in [3.05, 3.63) is 53.6 Å². The molecule has 2 aromatic carbocycles. The van der Waals surface area contributed by atoms with E-state index in [2.05, 4.69) is 17.3 Å². The van der Waals surface area contributed by atoms with Crippen molar-refractivity contribution < 1.29 is 19.1 Å². The van der Waals surface area contributed by atoms with E-state index < -0.39 is 0 Å². The van der Waals surface area contributed by atoms with E-state index in [0.29, 0.717) is 42.2 Å². The lowest BCUT2D eigenvalue weighted by molar-refractivity contribution is -0.116. The molecule has 0 unspecified atom stereocenters. The van der Waals surface area contributed by atoms with Gasteiger partial charge < -0.3 is 24.6 Å². The summed E-state index contributed by atoms with van der Waals surface area (Å²) in [5, 5.41) is 2.90. The Morgan fingerprint density at radius 3 is 2.35 bits per heavy atom. The van der Waals surface area contributed by atoms with E-state index in [-0.39, 0.29) is 11.8 Å². The summed E-state index contributed by atoms with van der Waals surface area (Å²) in [6.07, 6.45) is 0.938. The average molecular weight is 426 g/mol. The Labute approximate surface area is 183 Å². The first-order chi connectivity index (χ1) is 15.0. The Balaban J connectivity index is 1.51. The molecule has 1 heterocycles. The van der Waals surface area contributed by atoms with E-state index in [9.17, 15) is 9.59 Å². The first-order valence-corrected chi connectivity index (χ1v) is 10.7. The number of hydrogen-bond acceptors (Lipinski definition) is 5. The zero-order valence-corrected chi connectivity index (χ0v) is 18.5. The smallest absolute Gasteiger partial charge is 0.253 e. The second kappa shape index (κ2) is 10.8. The van der Waals surface area contributed by atoms with Gasteiger partial charge in [-0.05, 0) is 62.4 Å². The number of ether oxygens (including phenoxy) is 2. The number of carbonyl (C=O) groups excluding carboxylic acids is 2. The lowest BCUT2D eigenvalue weighted by Gasteiger charge is -2.32. The lowest BCUT2D eigenvalue weighted by atomic mass is 10.1. The largest absolute Gasteiger partial charge is 0.493 e. The Hall–Kier alpha value is -3.06. The summed E-state index contributed by atoms with van der Waals surface area (Å²) >= 11 is 0. The van der Waals surface area contributed by atoms with Crippen LogP contribution in [0.3, 0.4) is 0 Å². The van der Waals surface area contributed by atoms with Gasteiger partial charge >= 0.3 is 0 Å². The van der Waals surface area contributed by atoms with Crippen LogP contribution >= 0.6 is 0 Å². The van der Waals surface area contributed by atoms with Crippen LogP contribution in [0.1, 0.15) is 29.3 Å². The van der Waals surface area contributed by atoms with E-state index in [0.717, 1.165) is 31.7 Å². The summed E-state index contributed by atoms with van der Waals surface area (Å²) in [4.78, 5) is 29.1. The van der Waals surface area contributed by atoms with Gasteiger partial charge in [0, 0.05) is 43.9 Å². The van der Waals surface area contributed by atoms with Gasteiger partial charge in [-0.1, -0.05) is 6.07 Å². The molecule has 1 N–H and O–H groups in total. The lowest BCUT2D eigenvalue weighted by Crippen LogP contribution is -2.47. The molecular weight excluding hydrogens is 394 g/mol. The summed E-state index contributed by atoms with van der Waals surface area (Å²) < 4.78 is 10.9. The number of nitrogens with one attached hydrogen (secondary N) is 1. The highest BCUT2D eigenvalue weighted by Crippen LogP contribution is 2.28. The average Bonchev–Trinajstić information content (AvgIpc) is 2.79. The predicted molar refractivity (Wildman–Crippen MR) is 121 cm³/mol. The van der Waals surface area contributed by atoms with Crippen molar-refractivity contribution in [1.82, 2.24) is 9.80 Å². The Bertz CT molecular complexity index is 890. The van der Waals surface area contributed by atoms with E-state index in [1.54, 1.807) is 31.4 Å². The minimum atomic E-state index is -0.0778. The van der Waals surface area contributed by atoms with Gasteiger partial charge in [-0.25, -0.2) is 0 Å². The van der Waals surface area contributed by atoms with Crippen LogP contribution in [0.15, 0.2) is 42.5 Å². The molecule has 7 nitrogen and oxygen atoms in total. The zero-order valence-electron chi connectivity index (χ0n) is 18.5. The number of carbonyl (C=O) groups is 2. The highest BCUT2D eigenvalue weighted by molar-refractivity contribution is 5.96. The van der Waals surface area contributed by atoms with Crippen molar-refractivity contribution in [1.29, 1.82) is 0 Å². The summed E-state index contributed by atoms with van der Waals surface area (Å²) in [6, 6.07) is 12.8. The number of nitrogens with zero attached hydrogens (tertiary/aromatic N) is 2. The first kappa shape index (κ1) is 22.6. The van der Waals surface area contributed by atoms with Crippen molar-refractivity contribution in [3.8, 4) is 11.5 Å². The topological polar surface area (TPSA) is 71.1 Å². The van der Waals surface area contributed by atoms with E-state index in [4.69, 9.17) is 9.47 Å². The maximum Gasteiger partial charge on any atom is 0.253 e. The molecular formula is C24H31N3O4. The van der Waals surface area contributed by atoms with Crippen LogP contribution in [-0.2, 0) is 11.2 Å². The minimum absolute atomic E-state index is 0.0374. The molecule has 2 amide bonds. The monoisotopic (exact) mass is 425 g/mol. The second-order valence-electron chi connectivity index (χ2n) is 7.64. The molecule has 0 spiro atoms. The van der Waals surface area contributed by atoms with Crippen molar-refractivity contribution in [3.63, 3.8) is 0 Å². The summed E-state index contributed by atoms with van der Waals surface area (Å²) in [5.41, 5.74) is 2.33. The van der Waals surface area contributed by atoms with Gasteiger partial charge in [0.2, 0.25) is 5.91 Å². The van der Waals surface area contributed by atoms with Crippen LogP contribution in [0.5, 0.6) is 11.5 Å². The third-order valence-electron chi connectivity index (χ3n) is 5.37. The highest BCUT2D eigenvalue weighted by Gasteiger charge is 2.20. The Morgan fingerprint density at radius 1 is 1.00 bits per heavy atom. The Morgan fingerprint density at radius 2 is 1.71 bits per heavy atom. The molecule has 1 fully saturated rings. The first-order valence-electron chi connectivity index (χ1n) is 10.7. The molecule has 7 heteroatoms. The number of likely N-dealkylation sites (N-methyl/N-ethyl adjacent to an activating group) is 1. The van der Waals surface area contributed by atoms with Gasteiger partial charge in [-0.15, -0.1) is 0 Å². The van der Waals surface area contributed by atoms with E-state index in [1.807, 2.05) is 30.0 Å². The fourth-order valence-electron chi connectivity index (χ4n) is 3.51. The number of rotatable bonds is 8.